The fourth-order valence-corrected chi connectivity index (χ4v) is 3.62. The lowest BCUT2D eigenvalue weighted by Gasteiger charge is -2.19. The number of aromatic nitrogens is 4. The van der Waals surface area contributed by atoms with Gasteiger partial charge in [0.05, 0.1) is 17.8 Å². The van der Waals surface area contributed by atoms with E-state index in [4.69, 9.17) is 10.7 Å². The van der Waals surface area contributed by atoms with Crippen LogP contribution in [0.15, 0.2) is 5.38 Å². The van der Waals surface area contributed by atoms with Gasteiger partial charge in [0, 0.05) is 5.38 Å². The molecule has 19 heavy (non-hydrogen) atoms. The summed E-state index contributed by atoms with van der Waals surface area (Å²) in [5.41, 5.74) is 8.96. The summed E-state index contributed by atoms with van der Waals surface area (Å²) in [5.74, 6) is 0. The Hall–Kier alpha value is -1.27. The Labute approximate surface area is 116 Å². The molecule has 5 nitrogen and oxygen atoms in total. The zero-order valence-electron chi connectivity index (χ0n) is 11.4. The second kappa shape index (κ2) is 4.68. The van der Waals surface area contributed by atoms with E-state index in [1.807, 2.05) is 13.8 Å². The highest BCUT2D eigenvalue weighted by atomic mass is 32.1. The minimum absolute atomic E-state index is 0.211. The Morgan fingerprint density at radius 2 is 2.11 bits per heavy atom. The number of thiazole rings is 1. The Kier molecular flexibility index (Phi) is 3.14. The van der Waals surface area contributed by atoms with Crippen molar-refractivity contribution in [2.24, 2.45) is 5.73 Å². The largest absolute Gasteiger partial charge is 0.319 e. The quantitative estimate of drug-likeness (QED) is 0.935. The van der Waals surface area contributed by atoms with Crippen LogP contribution in [-0.2, 0) is 12.1 Å². The molecule has 2 N–H and O–H groups in total. The molecular weight excluding hydrogens is 258 g/mol. The van der Waals surface area contributed by atoms with Crippen molar-refractivity contribution in [3.63, 3.8) is 0 Å². The zero-order valence-corrected chi connectivity index (χ0v) is 12.2. The molecule has 2 heterocycles. The summed E-state index contributed by atoms with van der Waals surface area (Å²) >= 11 is 1.65. The molecule has 102 valence electrons. The van der Waals surface area contributed by atoms with Gasteiger partial charge in [-0.1, -0.05) is 12.8 Å². The van der Waals surface area contributed by atoms with Crippen LogP contribution in [0.25, 0.3) is 11.4 Å². The molecule has 0 amide bonds. The molecule has 1 fully saturated rings. The van der Waals surface area contributed by atoms with Crippen molar-refractivity contribution in [3.8, 4) is 11.4 Å². The Bertz CT molecular complexity index is 580. The topological polar surface area (TPSA) is 69.6 Å². The van der Waals surface area contributed by atoms with Gasteiger partial charge in [-0.3, -0.25) is 0 Å². The van der Waals surface area contributed by atoms with E-state index >= 15 is 0 Å². The molecular formula is C13H19N5S. The fourth-order valence-electron chi connectivity index (χ4n) is 2.64. The van der Waals surface area contributed by atoms with Crippen molar-refractivity contribution in [3.05, 3.63) is 16.1 Å². The monoisotopic (exact) mass is 277 g/mol. The van der Waals surface area contributed by atoms with Crippen molar-refractivity contribution in [2.45, 2.75) is 51.6 Å². The van der Waals surface area contributed by atoms with Gasteiger partial charge >= 0.3 is 0 Å². The Balaban J connectivity index is 1.94. The van der Waals surface area contributed by atoms with E-state index in [0.717, 1.165) is 41.5 Å². The van der Waals surface area contributed by atoms with Crippen molar-refractivity contribution < 1.29 is 0 Å². The molecule has 3 rings (SSSR count). The molecule has 0 radical (unpaired) electrons. The van der Waals surface area contributed by atoms with Crippen molar-refractivity contribution >= 4 is 11.3 Å². The maximum atomic E-state index is 6.45. The molecule has 0 saturated heterocycles. The fraction of sp³-hybridized carbons (Fsp3) is 0.615. The Morgan fingerprint density at radius 3 is 2.74 bits per heavy atom. The lowest BCUT2D eigenvalue weighted by Crippen LogP contribution is -2.32. The molecule has 0 aromatic carbocycles. The predicted molar refractivity (Wildman–Crippen MR) is 75.9 cm³/mol. The number of hydrogen-bond donors (Lipinski definition) is 1. The Morgan fingerprint density at radius 1 is 1.37 bits per heavy atom. The molecule has 1 saturated carbocycles. The molecule has 0 unspecified atom stereocenters. The molecule has 2 aromatic rings. The van der Waals surface area contributed by atoms with Crippen molar-refractivity contribution in [1.82, 2.24) is 20.0 Å². The van der Waals surface area contributed by atoms with Crippen LogP contribution in [0.3, 0.4) is 0 Å². The number of nitrogens with two attached hydrogens (primary N) is 1. The van der Waals surface area contributed by atoms with Crippen LogP contribution in [-0.4, -0.2) is 20.0 Å². The first-order valence-corrected chi connectivity index (χ1v) is 7.67. The highest BCUT2D eigenvalue weighted by Gasteiger charge is 2.34. The number of rotatable bonds is 3. The maximum absolute atomic E-state index is 6.45. The van der Waals surface area contributed by atoms with E-state index in [1.54, 1.807) is 16.1 Å². The standard InChI is InChI=1S/C13H19N5S/c1-3-18-16-9(2)11(17-18)10-8-19-12(15-10)13(14)6-4-5-7-13/h8H,3-7,14H2,1-2H3. The first-order chi connectivity index (χ1) is 9.12. The SMILES string of the molecule is CCn1nc(C)c(-c2csc(C3(N)CCCC3)n2)n1. The van der Waals surface area contributed by atoms with E-state index in [1.165, 1.54) is 12.8 Å². The van der Waals surface area contributed by atoms with Crippen LogP contribution < -0.4 is 5.73 Å². The molecule has 1 aliphatic rings. The van der Waals surface area contributed by atoms with Crippen LogP contribution in [0, 0.1) is 6.92 Å². The molecule has 0 aliphatic heterocycles. The summed E-state index contributed by atoms with van der Waals surface area (Å²) < 4.78 is 0. The third-order valence-electron chi connectivity index (χ3n) is 3.77. The van der Waals surface area contributed by atoms with Gasteiger partial charge in [-0.15, -0.1) is 11.3 Å². The molecule has 0 spiro atoms. The van der Waals surface area contributed by atoms with Crippen LogP contribution in [0.2, 0.25) is 0 Å². The summed E-state index contributed by atoms with van der Waals surface area (Å²) in [4.78, 5) is 6.43. The van der Waals surface area contributed by atoms with Gasteiger partial charge in [0.2, 0.25) is 0 Å². The lowest BCUT2D eigenvalue weighted by molar-refractivity contribution is 0.459. The normalized spacial score (nSPS) is 18.1. The van der Waals surface area contributed by atoms with Crippen molar-refractivity contribution in [1.29, 1.82) is 0 Å². The summed E-state index contributed by atoms with van der Waals surface area (Å²) in [7, 11) is 0. The first-order valence-electron chi connectivity index (χ1n) is 6.79. The van der Waals surface area contributed by atoms with Gasteiger partial charge in [-0.2, -0.15) is 15.0 Å². The van der Waals surface area contributed by atoms with Gasteiger partial charge < -0.3 is 5.73 Å². The number of aryl methyl sites for hydroxylation is 2. The van der Waals surface area contributed by atoms with Gasteiger partial charge in [0.15, 0.2) is 0 Å². The van der Waals surface area contributed by atoms with Crippen molar-refractivity contribution in [2.75, 3.05) is 0 Å². The lowest BCUT2D eigenvalue weighted by atomic mass is 10.0. The van der Waals surface area contributed by atoms with Crippen LogP contribution >= 0.6 is 11.3 Å². The molecule has 1 aliphatic carbocycles. The minimum atomic E-state index is -0.211. The first kappa shape index (κ1) is 12.7. The average molecular weight is 277 g/mol. The second-order valence-corrected chi connectivity index (χ2v) is 6.08. The average Bonchev–Trinajstić information content (AvgIpc) is 3.08. The van der Waals surface area contributed by atoms with Gasteiger partial charge in [-0.25, -0.2) is 4.98 Å². The van der Waals surface area contributed by atoms with Crippen LogP contribution in [0.1, 0.15) is 43.3 Å². The minimum Gasteiger partial charge on any atom is -0.319 e. The maximum Gasteiger partial charge on any atom is 0.135 e. The zero-order chi connectivity index (χ0) is 13.5. The summed E-state index contributed by atoms with van der Waals surface area (Å²) in [5, 5.41) is 11.9. The highest BCUT2D eigenvalue weighted by Crippen LogP contribution is 2.38. The highest BCUT2D eigenvalue weighted by molar-refractivity contribution is 7.10. The van der Waals surface area contributed by atoms with E-state index in [9.17, 15) is 0 Å². The van der Waals surface area contributed by atoms with Gasteiger partial charge in [-0.05, 0) is 26.7 Å². The molecule has 0 atom stereocenters. The third kappa shape index (κ3) is 2.19. The van der Waals surface area contributed by atoms with Gasteiger partial charge in [0.25, 0.3) is 0 Å². The smallest absolute Gasteiger partial charge is 0.135 e. The molecule has 2 aromatic heterocycles. The summed E-state index contributed by atoms with van der Waals surface area (Å²) in [6, 6.07) is 0. The molecule has 6 heteroatoms. The third-order valence-corrected chi connectivity index (χ3v) is 4.84. The van der Waals surface area contributed by atoms with Crippen LogP contribution in [0.5, 0.6) is 0 Å². The van der Waals surface area contributed by atoms with Crippen LogP contribution in [0.4, 0.5) is 0 Å². The predicted octanol–water partition coefficient (Wildman–Crippen LogP) is 2.46. The van der Waals surface area contributed by atoms with E-state index in [0.29, 0.717) is 0 Å². The van der Waals surface area contributed by atoms with Gasteiger partial charge in [0.1, 0.15) is 16.4 Å². The summed E-state index contributed by atoms with van der Waals surface area (Å²) in [6.45, 7) is 4.78. The summed E-state index contributed by atoms with van der Waals surface area (Å²) in [6.07, 6.45) is 4.49. The second-order valence-electron chi connectivity index (χ2n) is 5.22. The van der Waals surface area contributed by atoms with E-state index in [-0.39, 0.29) is 5.54 Å². The molecule has 0 bridgehead atoms. The number of hydrogen-bond acceptors (Lipinski definition) is 5. The van der Waals surface area contributed by atoms with E-state index in [2.05, 4.69) is 15.6 Å². The number of nitrogens with zero attached hydrogens (tertiary/aromatic N) is 4. The van der Waals surface area contributed by atoms with E-state index < -0.39 is 0 Å².